The molecule has 0 radical (unpaired) electrons. The van der Waals surface area contributed by atoms with Crippen molar-refractivity contribution in [3.8, 4) is 5.75 Å². The van der Waals surface area contributed by atoms with Gasteiger partial charge in [0, 0.05) is 54.5 Å². The number of rotatable bonds is 9. The molecule has 5 rings (SSSR count). The fourth-order valence-electron chi connectivity index (χ4n) is 4.95. The SMILES string of the molecule is Cc1cccnc1C(NC(=O)c1ccc(N)c(C(=N)c2ccc(OC3CCN(C=O)CC3)cc2)c1)C1CC1. The number of nitrogens with one attached hydrogen (secondary N) is 2. The summed E-state index contributed by atoms with van der Waals surface area (Å²) in [4.78, 5) is 30.5. The van der Waals surface area contributed by atoms with Gasteiger partial charge in [-0.15, -0.1) is 0 Å². The Morgan fingerprint density at radius 3 is 2.47 bits per heavy atom. The Morgan fingerprint density at radius 2 is 1.82 bits per heavy atom. The number of amides is 2. The predicted molar refractivity (Wildman–Crippen MR) is 146 cm³/mol. The van der Waals surface area contributed by atoms with Gasteiger partial charge in [-0.3, -0.25) is 20.0 Å². The lowest BCUT2D eigenvalue weighted by molar-refractivity contribution is -0.119. The summed E-state index contributed by atoms with van der Waals surface area (Å²) in [6.45, 7) is 3.41. The zero-order valence-electron chi connectivity index (χ0n) is 21.5. The number of hydrogen-bond acceptors (Lipinski definition) is 6. The summed E-state index contributed by atoms with van der Waals surface area (Å²) in [5, 5.41) is 12.0. The predicted octanol–water partition coefficient (Wildman–Crippen LogP) is 4.27. The van der Waals surface area contributed by atoms with Crippen molar-refractivity contribution >= 4 is 23.7 Å². The van der Waals surface area contributed by atoms with Crippen molar-refractivity contribution in [3.05, 3.63) is 88.7 Å². The number of nitrogens with zero attached hydrogens (tertiary/aromatic N) is 2. The van der Waals surface area contributed by atoms with E-state index < -0.39 is 0 Å². The Kier molecular flexibility index (Phi) is 7.40. The molecular weight excluding hydrogens is 478 g/mol. The van der Waals surface area contributed by atoms with E-state index in [1.54, 1.807) is 29.3 Å². The molecule has 38 heavy (non-hydrogen) atoms. The number of ether oxygens (including phenoxy) is 1. The van der Waals surface area contributed by atoms with Gasteiger partial charge in [0.05, 0.1) is 17.4 Å². The minimum Gasteiger partial charge on any atom is -0.490 e. The number of anilines is 1. The molecule has 1 aliphatic carbocycles. The van der Waals surface area contributed by atoms with Gasteiger partial charge in [-0.25, -0.2) is 0 Å². The summed E-state index contributed by atoms with van der Waals surface area (Å²) >= 11 is 0. The molecule has 1 unspecified atom stereocenters. The summed E-state index contributed by atoms with van der Waals surface area (Å²) in [6.07, 6.45) is 6.43. The van der Waals surface area contributed by atoms with Gasteiger partial charge >= 0.3 is 0 Å². The zero-order valence-corrected chi connectivity index (χ0v) is 21.5. The number of aromatic nitrogens is 1. The molecule has 0 bridgehead atoms. The molecule has 8 nitrogen and oxygen atoms in total. The van der Waals surface area contributed by atoms with Crippen molar-refractivity contribution in [1.29, 1.82) is 5.41 Å². The van der Waals surface area contributed by atoms with E-state index in [1.165, 1.54) is 0 Å². The average molecular weight is 512 g/mol. The first-order valence-electron chi connectivity index (χ1n) is 13.1. The molecule has 8 heteroatoms. The maximum atomic E-state index is 13.3. The fraction of sp³-hybridized carbons (Fsp3) is 0.333. The molecular formula is C30H33N5O3. The van der Waals surface area contributed by atoms with Gasteiger partial charge in [0.2, 0.25) is 6.41 Å². The molecule has 1 aromatic heterocycles. The van der Waals surface area contributed by atoms with Crippen LogP contribution in [0.2, 0.25) is 0 Å². The number of likely N-dealkylation sites (tertiary alicyclic amines) is 1. The van der Waals surface area contributed by atoms with Crippen LogP contribution in [-0.2, 0) is 4.79 Å². The van der Waals surface area contributed by atoms with Gasteiger partial charge in [0.15, 0.2) is 0 Å². The van der Waals surface area contributed by atoms with Crippen LogP contribution in [0.3, 0.4) is 0 Å². The average Bonchev–Trinajstić information content (AvgIpc) is 3.78. The standard InChI is InChI=1S/C30H33N5O3/c1-19-3-2-14-33-28(19)29(21-4-5-21)34-30(37)22-8-11-26(31)25(17-22)27(32)20-6-9-23(10-7-20)38-24-12-15-35(18-36)16-13-24/h2-3,6-11,14,17-18,21,24,29,32H,4-5,12-13,15-16,31H2,1H3,(H,34,37). The fourth-order valence-corrected chi connectivity index (χ4v) is 4.95. The summed E-state index contributed by atoms with van der Waals surface area (Å²) in [7, 11) is 0. The van der Waals surface area contributed by atoms with Gasteiger partial charge in [0.1, 0.15) is 11.9 Å². The number of aryl methyl sites for hydroxylation is 1. The summed E-state index contributed by atoms with van der Waals surface area (Å²) in [6, 6.07) is 16.2. The number of piperidine rings is 1. The highest BCUT2D eigenvalue weighted by atomic mass is 16.5. The van der Waals surface area contributed by atoms with Gasteiger partial charge in [-0.2, -0.15) is 0 Å². The molecule has 2 amide bonds. The van der Waals surface area contributed by atoms with E-state index in [0.29, 0.717) is 41.4 Å². The molecule has 1 aliphatic heterocycles. The lowest BCUT2D eigenvalue weighted by atomic mass is 9.98. The van der Waals surface area contributed by atoms with E-state index in [9.17, 15) is 9.59 Å². The molecule has 196 valence electrons. The van der Waals surface area contributed by atoms with Crippen LogP contribution in [0.1, 0.15) is 64.5 Å². The van der Waals surface area contributed by atoms with Crippen molar-refractivity contribution < 1.29 is 14.3 Å². The Morgan fingerprint density at radius 1 is 1.11 bits per heavy atom. The number of carbonyl (C=O) groups excluding carboxylic acids is 2. The molecule has 3 aromatic rings. The van der Waals surface area contributed by atoms with Crippen LogP contribution >= 0.6 is 0 Å². The maximum Gasteiger partial charge on any atom is 0.251 e. The van der Waals surface area contributed by atoms with Crippen molar-refractivity contribution in [2.45, 2.75) is 44.8 Å². The lowest BCUT2D eigenvalue weighted by Crippen LogP contribution is -2.37. The Labute approximate surface area is 222 Å². The molecule has 2 aromatic carbocycles. The van der Waals surface area contributed by atoms with E-state index >= 15 is 0 Å². The number of carbonyl (C=O) groups is 2. The number of nitrogen functional groups attached to an aromatic ring is 1. The Hall–Kier alpha value is -4.20. The molecule has 2 aliphatic rings. The lowest BCUT2D eigenvalue weighted by Gasteiger charge is -2.29. The number of nitrogens with two attached hydrogens (primary N) is 1. The summed E-state index contributed by atoms with van der Waals surface area (Å²) in [5.74, 6) is 0.908. The molecule has 1 atom stereocenters. The van der Waals surface area contributed by atoms with E-state index in [2.05, 4.69) is 10.3 Å². The van der Waals surface area contributed by atoms with Crippen LogP contribution in [-0.4, -0.2) is 47.1 Å². The monoisotopic (exact) mass is 511 g/mol. The van der Waals surface area contributed by atoms with Crippen molar-refractivity contribution in [1.82, 2.24) is 15.2 Å². The van der Waals surface area contributed by atoms with Crippen LogP contribution in [0.4, 0.5) is 5.69 Å². The molecule has 2 heterocycles. The van der Waals surface area contributed by atoms with Gasteiger partial charge in [0.25, 0.3) is 5.91 Å². The minimum atomic E-state index is -0.203. The van der Waals surface area contributed by atoms with Gasteiger partial charge < -0.3 is 20.7 Å². The maximum absolute atomic E-state index is 13.3. The molecule has 1 saturated heterocycles. The molecule has 4 N–H and O–H groups in total. The third kappa shape index (κ3) is 5.69. The third-order valence-electron chi connectivity index (χ3n) is 7.38. The second kappa shape index (κ2) is 11.0. The van der Waals surface area contributed by atoms with Crippen molar-refractivity contribution in [3.63, 3.8) is 0 Å². The van der Waals surface area contributed by atoms with Gasteiger partial charge in [-0.1, -0.05) is 6.07 Å². The van der Waals surface area contributed by atoms with Crippen molar-refractivity contribution in [2.24, 2.45) is 5.92 Å². The zero-order chi connectivity index (χ0) is 26.6. The third-order valence-corrected chi connectivity index (χ3v) is 7.38. The number of hydrogen-bond donors (Lipinski definition) is 3. The second-order valence-electron chi connectivity index (χ2n) is 10.2. The molecule has 0 spiro atoms. The topological polar surface area (TPSA) is 121 Å². The smallest absolute Gasteiger partial charge is 0.251 e. The number of benzene rings is 2. The highest BCUT2D eigenvalue weighted by Crippen LogP contribution is 2.41. The van der Waals surface area contributed by atoms with Gasteiger partial charge in [-0.05, 0) is 79.8 Å². The van der Waals surface area contributed by atoms with Crippen LogP contribution in [0.5, 0.6) is 5.75 Å². The van der Waals surface area contributed by atoms with E-state index in [-0.39, 0.29) is 23.8 Å². The summed E-state index contributed by atoms with van der Waals surface area (Å²) < 4.78 is 6.07. The molecule has 2 fully saturated rings. The minimum absolute atomic E-state index is 0.0664. The van der Waals surface area contributed by atoms with Crippen LogP contribution in [0.15, 0.2) is 60.8 Å². The van der Waals surface area contributed by atoms with Crippen LogP contribution in [0, 0.1) is 18.3 Å². The number of pyridine rings is 1. The first-order valence-corrected chi connectivity index (χ1v) is 13.1. The van der Waals surface area contributed by atoms with Crippen LogP contribution < -0.4 is 15.8 Å². The Balaban J connectivity index is 1.28. The second-order valence-corrected chi connectivity index (χ2v) is 10.2. The van der Waals surface area contributed by atoms with Crippen molar-refractivity contribution in [2.75, 3.05) is 18.8 Å². The molecule has 1 saturated carbocycles. The quantitative estimate of drug-likeness (QED) is 0.225. The van der Waals surface area contributed by atoms with Crippen LogP contribution in [0.25, 0.3) is 0 Å². The van der Waals surface area contributed by atoms with E-state index in [1.807, 2.05) is 43.3 Å². The Bertz CT molecular complexity index is 1330. The first-order chi connectivity index (χ1) is 18.4. The van der Waals surface area contributed by atoms with E-state index in [0.717, 1.165) is 49.1 Å². The first kappa shape index (κ1) is 25.4. The highest BCUT2D eigenvalue weighted by Gasteiger charge is 2.35. The highest BCUT2D eigenvalue weighted by molar-refractivity contribution is 6.14. The normalized spacial score (nSPS) is 16.5. The largest absolute Gasteiger partial charge is 0.490 e. The van der Waals surface area contributed by atoms with E-state index in [4.69, 9.17) is 15.9 Å². The summed E-state index contributed by atoms with van der Waals surface area (Å²) in [5.41, 5.74) is 10.5.